The van der Waals surface area contributed by atoms with Crippen LogP contribution in [0.2, 0.25) is 0 Å². The number of methoxy groups -OCH3 is 1. The number of carbonyl (C=O) groups excluding carboxylic acids is 1. The molecule has 1 aliphatic rings. The van der Waals surface area contributed by atoms with Crippen LogP contribution in [0.1, 0.15) is 5.69 Å². The molecule has 1 unspecified atom stereocenters. The molecule has 106 valence electrons. The smallest absolute Gasteiger partial charge is 0.311 e. The third kappa shape index (κ3) is 4.45. The molecule has 1 aromatic heterocycles. The fourth-order valence-electron chi connectivity index (χ4n) is 1.88. The molecule has 0 amide bonds. The number of ether oxygens (including phenoxy) is 2. The van der Waals surface area contributed by atoms with Gasteiger partial charge in [0.15, 0.2) is 5.13 Å². The van der Waals surface area contributed by atoms with Crippen molar-refractivity contribution in [2.75, 3.05) is 45.7 Å². The summed E-state index contributed by atoms with van der Waals surface area (Å²) in [6.07, 6.45) is 0.406. The van der Waals surface area contributed by atoms with Gasteiger partial charge >= 0.3 is 5.97 Å². The Bertz CT molecular complexity index is 424. The van der Waals surface area contributed by atoms with Gasteiger partial charge in [-0.25, -0.2) is 4.98 Å². The van der Waals surface area contributed by atoms with Crippen LogP contribution in [-0.2, 0) is 20.7 Å². The molecular weight excluding hydrogens is 266 g/mol. The van der Waals surface area contributed by atoms with Crippen LogP contribution in [0.25, 0.3) is 0 Å². The molecule has 2 rings (SSSR count). The summed E-state index contributed by atoms with van der Waals surface area (Å²) in [4.78, 5) is 17.7. The van der Waals surface area contributed by atoms with Gasteiger partial charge in [-0.15, -0.1) is 11.3 Å². The molecule has 6 nitrogen and oxygen atoms in total. The van der Waals surface area contributed by atoms with Gasteiger partial charge in [-0.2, -0.15) is 0 Å². The van der Waals surface area contributed by atoms with Gasteiger partial charge in [-0.05, 0) is 7.05 Å². The summed E-state index contributed by atoms with van der Waals surface area (Å²) in [6.45, 7) is 3.41. The zero-order chi connectivity index (χ0) is 13.7. The number of anilines is 1. The van der Waals surface area contributed by atoms with E-state index in [-0.39, 0.29) is 18.5 Å². The zero-order valence-electron chi connectivity index (χ0n) is 11.2. The molecule has 0 spiro atoms. The Hall–Kier alpha value is -1.18. The normalized spacial score (nSPS) is 20.2. The van der Waals surface area contributed by atoms with Gasteiger partial charge in [0.2, 0.25) is 0 Å². The molecular formula is C12H19N3O3S. The Morgan fingerprint density at radius 3 is 3.32 bits per heavy atom. The molecule has 1 N–H and O–H groups in total. The molecule has 0 radical (unpaired) electrons. The fraction of sp³-hybridized carbons (Fsp3) is 0.667. The van der Waals surface area contributed by atoms with Crippen molar-refractivity contribution in [1.29, 1.82) is 0 Å². The first kappa shape index (κ1) is 14.2. The summed E-state index contributed by atoms with van der Waals surface area (Å²) in [7, 11) is 3.47. The average molecular weight is 285 g/mol. The minimum atomic E-state index is -0.269. The number of nitrogens with zero attached hydrogens (tertiary/aromatic N) is 2. The van der Waals surface area contributed by atoms with E-state index in [1.165, 1.54) is 18.4 Å². The van der Waals surface area contributed by atoms with E-state index < -0.39 is 0 Å². The van der Waals surface area contributed by atoms with E-state index >= 15 is 0 Å². The van der Waals surface area contributed by atoms with E-state index in [1.54, 1.807) is 0 Å². The van der Waals surface area contributed by atoms with Gasteiger partial charge in [-0.1, -0.05) is 0 Å². The topological polar surface area (TPSA) is 63.7 Å². The molecule has 19 heavy (non-hydrogen) atoms. The third-order valence-electron chi connectivity index (χ3n) is 2.93. The first-order chi connectivity index (χ1) is 9.17. The lowest BCUT2D eigenvalue weighted by molar-refractivity contribution is -0.139. The van der Waals surface area contributed by atoms with Gasteiger partial charge in [-0.3, -0.25) is 4.79 Å². The van der Waals surface area contributed by atoms with E-state index in [2.05, 4.69) is 27.0 Å². The van der Waals surface area contributed by atoms with Crippen molar-refractivity contribution in [2.45, 2.75) is 12.5 Å². The molecule has 0 aliphatic carbocycles. The molecule has 0 bridgehead atoms. The van der Waals surface area contributed by atoms with E-state index in [4.69, 9.17) is 4.74 Å². The molecule has 1 aliphatic heterocycles. The van der Waals surface area contributed by atoms with Crippen LogP contribution in [0.4, 0.5) is 5.13 Å². The number of esters is 1. The van der Waals surface area contributed by atoms with Crippen LogP contribution < -0.4 is 5.32 Å². The van der Waals surface area contributed by atoms with Crippen LogP contribution in [0, 0.1) is 0 Å². The molecule has 2 heterocycles. The fourth-order valence-corrected chi connectivity index (χ4v) is 2.60. The SMILES string of the molecule is COC(=O)Cc1csc(NCC2CN(C)CCO2)n1. The Morgan fingerprint density at radius 1 is 1.74 bits per heavy atom. The highest BCUT2D eigenvalue weighted by Gasteiger charge is 2.17. The number of hydrogen-bond donors (Lipinski definition) is 1. The highest BCUT2D eigenvalue weighted by atomic mass is 32.1. The summed E-state index contributed by atoms with van der Waals surface area (Å²) in [5, 5.41) is 5.93. The number of rotatable bonds is 5. The van der Waals surface area contributed by atoms with Crippen molar-refractivity contribution >= 4 is 22.4 Å². The highest BCUT2D eigenvalue weighted by molar-refractivity contribution is 7.13. The van der Waals surface area contributed by atoms with Crippen molar-refractivity contribution in [3.8, 4) is 0 Å². The zero-order valence-corrected chi connectivity index (χ0v) is 12.0. The monoisotopic (exact) mass is 285 g/mol. The molecule has 7 heteroatoms. The predicted molar refractivity (Wildman–Crippen MR) is 73.6 cm³/mol. The second-order valence-corrected chi connectivity index (χ2v) is 5.39. The lowest BCUT2D eigenvalue weighted by Gasteiger charge is -2.29. The quantitative estimate of drug-likeness (QED) is 0.799. The van der Waals surface area contributed by atoms with Gasteiger partial charge < -0.3 is 19.7 Å². The van der Waals surface area contributed by atoms with Crippen molar-refractivity contribution in [2.24, 2.45) is 0 Å². The summed E-state index contributed by atoms with van der Waals surface area (Å²) < 4.78 is 10.3. The Morgan fingerprint density at radius 2 is 2.58 bits per heavy atom. The number of thiazole rings is 1. The summed E-state index contributed by atoms with van der Waals surface area (Å²) in [6, 6.07) is 0. The number of hydrogen-bond acceptors (Lipinski definition) is 7. The van der Waals surface area contributed by atoms with Crippen LogP contribution >= 0.6 is 11.3 Å². The maximum atomic E-state index is 11.1. The lowest BCUT2D eigenvalue weighted by Crippen LogP contribution is -2.43. The number of likely N-dealkylation sites (N-methyl/N-ethyl adjacent to an activating group) is 1. The highest BCUT2D eigenvalue weighted by Crippen LogP contribution is 2.16. The summed E-state index contributed by atoms with van der Waals surface area (Å²) >= 11 is 1.49. The summed E-state index contributed by atoms with van der Waals surface area (Å²) in [5.74, 6) is -0.269. The molecule has 0 saturated carbocycles. The maximum absolute atomic E-state index is 11.1. The van der Waals surface area contributed by atoms with Crippen molar-refractivity contribution in [3.05, 3.63) is 11.1 Å². The van der Waals surface area contributed by atoms with Crippen LogP contribution in [0.3, 0.4) is 0 Å². The van der Waals surface area contributed by atoms with Crippen molar-refractivity contribution < 1.29 is 14.3 Å². The van der Waals surface area contributed by atoms with Gasteiger partial charge in [0.25, 0.3) is 0 Å². The molecule has 1 saturated heterocycles. The Labute approximate surface area is 116 Å². The van der Waals surface area contributed by atoms with E-state index in [9.17, 15) is 4.79 Å². The Balaban J connectivity index is 1.78. The first-order valence-electron chi connectivity index (χ1n) is 6.22. The maximum Gasteiger partial charge on any atom is 0.311 e. The first-order valence-corrected chi connectivity index (χ1v) is 7.10. The van der Waals surface area contributed by atoms with Crippen LogP contribution in [0.15, 0.2) is 5.38 Å². The minimum Gasteiger partial charge on any atom is -0.469 e. The van der Waals surface area contributed by atoms with E-state index in [0.29, 0.717) is 0 Å². The van der Waals surface area contributed by atoms with Gasteiger partial charge in [0, 0.05) is 25.0 Å². The Kier molecular flexibility index (Phi) is 5.12. The molecule has 1 fully saturated rings. The van der Waals surface area contributed by atoms with Gasteiger partial charge in [0.1, 0.15) is 0 Å². The van der Waals surface area contributed by atoms with Crippen LogP contribution in [-0.4, -0.2) is 62.4 Å². The van der Waals surface area contributed by atoms with Crippen LogP contribution in [0.5, 0.6) is 0 Å². The largest absolute Gasteiger partial charge is 0.469 e. The summed E-state index contributed by atoms with van der Waals surface area (Å²) in [5.41, 5.74) is 0.737. The van der Waals surface area contributed by atoms with Crippen molar-refractivity contribution in [3.63, 3.8) is 0 Å². The predicted octanol–water partition coefficient (Wildman–Crippen LogP) is 0.601. The lowest BCUT2D eigenvalue weighted by atomic mass is 10.3. The van der Waals surface area contributed by atoms with E-state index in [0.717, 1.165) is 37.1 Å². The number of nitrogens with one attached hydrogen (secondary N) is 1. The molecule has 1 atom stereocenters. The number of morpholine rings is 1. The van der Waals surface area contributed by atoms with Crippen molar-refractivity contribution in [1.82, 2.24) is 9.88 Å². The van der Waals surface area contributed by atoms with E-state index in [1.807, 2.05) is 5.38 Å². The van der Waals surface area contributed by atoms with Gasteiger partial charge in [0.05, 0.1) is 31.9 Å². The average Bonchev–Trinajstić information content (AvgIpc) is 2.84. The standard InChI is InChI=1S/C12H19N3O3S/c1-15-3-4-18-10(7-15)6-13-12-14-9(8-19-12)5-11(16)17-2/h8,10H,3-7H2,1-2H3,(H,13,14). The second-order valence-electron chi connectivity index (χ2n) is 4.53. The second kappa shape index (κ2) is 6.83. The number of aromatic nitrogens is 1. The number of carbonyl (C=O) groups is 1. The third-order valence-corrected chi connectivity index (χ3v) is 3.78. The minimum absolute atomic E-state index is 0.187. The molecule has 0 aromatic carbocycles. The molecule has 1 aromatic rings.